The number of carbonyl (C=O) groups excluding carboxylic acids is 1. The van der Waals surface area contributed by atoms with Gasteiger partial charge in [0.2, 0.25) is 0 Å². The fourth-order valence-electron chi connectivity index (χ4n) is 1.59. The summed E-state index contributed by atoms with van der Waals surface area (Å²) in [4.78, 5) is 26.5. The molecule has 2 heterocycles. The van der Waals surface area contributed by atoms with Crippen molar-refractivity contribution in [3.63, 3.8) is 0 Å². The first-order valence-electron chi connectivity index (χ1n) is 5.71. The Morgan fingerprint density at radius 2 is 2.20 bits per heavy atom. The molecule has 0 bridgehead atoms. The number of amides is 1. The van der Waals surface area contributed by atoms with Crippen LogP contribution >= 0.6 is 0 Å². The van der Waals surface area contributed by atoms with E-state index in [0.717, 1.165) is 6.08 Å². The van der Waals surface area contributed by atoms with Gasteiger partial charge in [0, 0.05) is 42.8 Å². The van der Waals surface area contributed by atoms with Crippen molar-refractivity contribution in [2.45, 2.75) is 0 Å². The van der Waals surface area contributed by atoms with Crippen molar-refractivity contribution in [1.29, 1.82) is 0 Å². The second kappa shape index (κ2) is 5.79. The van der Waals surface area contributed by atoms with Crippen molar-refractivity contribution in [2.24, 2.45) is 7.05 Å². The van der Waals surface area contributed by atoms with Gasteiger partial charge in [-0.1, -0.05) is 0 Å². The van der Waals surface area contributed by atoms with E-state index in [1.807, 2.05) is 0 Å². The monoisotopic (exact) mass is 272 g/mol. The number of anilines is 1. The molecule has 102 valence electrons. The van der Waals surface area contributed by atoms with E-state index in [2.05, 4.69) is 15.4 Å². The highest BCUT2D eigenvalue weighted by atomic mass is 16.4. The zero-order chi connectivity index (χ0) is 14.5. The molecule has 2 aromatic heterocycles. The zero-order valence-electron chi connectivity index (χ0n) is 10.6. The summed E-state index contributed by atoms with van der Waals surface area (Å²) in [5.41, 5.74) is 1.32. The van der Waals surface area contributed by atoms with Crippen molar-refractivity contribution in [1.82, 2.24) is 14.8 Å². The summed E-state index contributed by atoms with van der Waals surface area (Å²) in [6.07, 6.45) is 8.36. The molecule has 0 saturated heterocycles. The highest BCUT2D eigenvalue weighted by Crippen LogP contribution is 2.12. The molecule has 2 N–H and O–H groups in total. The Labute approximate surface area is 114 Å². The Hall–Kier alpha value is -2.96. The Morgan fingerprint density at radius 3 is 2.85 bits per heavy atom. The lowest BCUT2D eigenvalue weighted by Gasteiger charge is -2.05. The van der Waals surface area contributed by atoms with E-state index in [-0.39, 0.29) is 5.91 Å². The van der Waals surface area contributed by atoms with Crippen LogP contribution in [0, 0.1) is 0 Å². The minimum atomic E-state index is -1.09. The largest absolute Gasteiger partial charge is 0.478 e. The minimum Gasteiger partial charge on any atom is -0.478 e. The van der Waals surface area contributed by atoms with E-state index in [4.69, 9.17) is 5.11 Å². The van der Waals surface area contributed by atoms with Gasteiger partial charge < -0.3 is 10.4 Å². The summed E-state index contributed by atoms with van der Waals surface area (Å²) in [7, 11) is 1.74. The molecule has 20 heavy (non-hydrogen) atoms. The summed E-state index contributed by atoms with van der Waals surface area (Å²) < 4.78 is 1.56. The molecular weight excluding hydrogens is 260 g/mol. The van der Waals surface area contributed by atoms with Crippen LogP contribution in [0.2, 0.25) is 0 Å². The SMILES string of the molecule is Cn1cc(NC(=O)c2ccncc2C=CC(=O)O)cn1. The summed E-state index contributed by atoms with van der Waals surface area (Å²) in [6.45, 7) is 0. The van der Waals surface area contributed by atoms with Crippen LogP contribution in [0.1, 0.15) is 15.9 Å². The van der Waals surface area contributed by atoms with Gasteiger partial charge >= 0.3 is 5.97 Å². The Bertz CT molecular complexity index is 676. The van der Waals surface area contributed by atoms with Crippen molar-refractivity contribution in [3.05, 3.63) is 48.1 Å². The molecule has 0 atom stereocenters. The van der Waals surface area contributed by atoms with E-state index in [1.165, 1.54) is 30.7 Å². The van der Waals surface area contributed by atoms with Gasteiger partial charge in [-0.25, -0.2) is 4.79 Å². The van der Waals surface area contributed by atoms with E-state index in [1.54, 1.807) is 17.9 Å². The fraction of sp³-hybridized carbons (Fsp3) is 0.0769. The second-order valence-electron chi connectivity index (χ2n) is 3.99. The number of carboxylic acids is 1. The number of carboxylic acid groups (broad SMARTS) is 1. The number of aliphatic carboxylic acids is 1. The third kappa shape index (κ3) is 3.29. The van der Waals surface area contributed by atoms with Crippen molar-refractivity contribution >= 4 is 23.6 Å². The summed E-state index contributed by atoms with van der Waals surface area (Å²) >= 11 is 0. The molecule has 2 aromatic rings. The Kier molecular flexibility index (Phi) is 3.90. The number of aryl methyl sites for hydroxylation is 1. The van der Waals surface area contributed by atoms with Crippen molar-refractivity contribution in [3.8, 4) is 0 Å². The van der Waals surface area contributed by atoms with Gasteiger partial charge in [0.15, 0.2) is 0 Å². The number of hydrogen-bond donors (Lipinski definition) is 2. The molecule has 0 aliphatic carbocycles. The molecule has 1 amide bonds. The molecular formula is C13H12N4O3. The molecule has 0 aliphatic rings. The molecule has 7 heteroatoms. The van der Waals surface area contributed by atoms with Crippen LogP contribution in [0.3, 0.4) is 0 Å². The molecule has 0 saturated carbocycles. The van der Waals surface area contributed by atoms with Gasteiger partial charge in [0.05, 0.1) is 11.9 Å². The first-order chi connectivity index (χ1) is 9.56. The van der Waals surface area contributed by atoms with Crippen LogP contribution in [0.5, 0.6) is 0 Å². The molecule has 0 radical (unpaired) electrons. The second-order valence-corrected chi connectivity index (χ2v) is 3.99. The van der Waals surface area contributed by atoms with Gasteiger partial charge in [0.25, 0.3) is 5.91 Å². The molecule has 0 fully saturated rings. The molecule has 0 aliphatic heterocycles. The van der Waals surface area contributed by atoms with E-state index < -0.39 is 5.97 Å². The topological polar surface area (TPSA) is 97.1 Å². The number of pyridine rings is 1. The normalized spacial score (nSPS) is 10.7. The molecule has 0 spiro atoms. The predicted octanol–water partition coefficient (Wildman–Crippen LogP) is 1.17. The molecule has 0 aromatic carbocycles. The Balaban J connectivity index is 2.23. The van der Waals surface area contributed by atoms with Crippen LogP contribution in [0.4, 0.5) is 5.69 Å². The smallest absolute Gasteiger partial charge is 0.328 e. The van der Waals surface area contributed by atoms with Gasteiger partial charge in [-0.05, 0) is 12.1 Å². The third-order valence-corrected chi connectivity index (χ3v) is 2.46. The van der Waals surface area contributed by atoms with Crippen LogP contribution in [0.25, 0.3) is 6.08 Å². The molecule has 7 nitrogen and oxygen atoms in total. The van der Waals surface area contributed by atoms with E-state index in [9.17, 15) is 9.59 Å². The summed E-state index contributed by atoms with van der Waals surface area (Å²) in [6, 6.07) is 1.52. The maximum Gasteiger partial charge on any atom is 0.328 e. The minimum absolute atomic E-state index is 0.335. The lowest BCUT2D eigenvalue weighted by molar-refractivity contribution is -0.131. The van der Waals surface area contributed by atoms with E-state index in [0.29, 0.717) is 16.8 Å². The number of hydrogen-bond acceptors (Lipinski definition) is 4. The van der Waals surface area contributed by atoms with Crippen molar-refractivity contribution in [2.75, 3.05) is 5.32 Å². The van der Waals surface area contributed by atoms with Gasteiger partial charge in [0.1, 0.15) is 0 Å². The molecule has 2 rings (SSSR count). The summed E-state index contributed by atoms with van der Waals surface area (Å²) in [5, 5.41) is 15.2. The highest BCUT2D eigenvalue weighted by molar-refractivity contribution is 6.06. The molecule has 0 unspecified atom stereocenters. The number of aromatic nitrogens is 3. The zero-order valence-corrected chi connectivity index (χ0v) is 10.6. The third-order valence-electron chi connectivity index (χ3n) is 2.46. The number of nitrogens with one attached hydrogen (secondary N) is 1. The Morgan fingerprint density at radius 1 is 1.40 bits per heavy atom. The lowest BCUT2D eigenvalue weighted by Crippen LogP contribution is -2.13. The van der Waals surface area contributed by atoms with Crippen LogP contribution in [0.15, 0.2) is 36.9 Å². The first-order valence-corrected chi connectivity index (χ1v) is 5.71. The van der Waals surface area contributed by atoms with Crippen molar-refractivity contribution < 1.29 is 14.7 Å². The van der Waals surface area contributed by atoms with Crippen LogP contribution in [-0.4, -0.2) is 31.7 Å². The average molecular weight is 272 g/mol. The lowest BCUT2D eigenvalue weighted by atomic mass is 10.1. The van der Waals surface area contributed by atoms with Gasteiger partial charge in [-0.3, -0.25) is 14.5 Å². The van der Waals surface area contributed by atoms with Crippen LogP contribution < -0.4 is 5.32 Å². The van der Waals surface area contributed by atoms with Gasteiger partial charge in [-0.2, -0.15) is 5.10 Å². The van der Waals surface area contributed by atoms with E-state index >= 15 is 0 Å². The number of nitrogens with zero attached hydrogens (tertiary/aromatic N) is 3. The van der Waals surface area contributed by atoms with Gasteiger partial charge in [-0.15, -0.1) is 0 Å². The first kappa shape index (κ1) is 13.5. The maximum absolute atomic E-state index is 12.1. The number of carbonyl (C=O) groups is 2. The predicted molar refractivity (Wildman–Crippen MR) is 72.1 cm³/mol. The summed E-state index contributed by atoms with van der Waals surface area (Å²) in [5.74, 6) is -1.45. The average Bonchev–Trinajstić information content (AvgIpc) is 2.82. The number of rotatable bonds is 4. The quantitative estimate of drug-likeness (QED) is 0.814. The maximum atomic E-state index is 12.1. The fourth-order valence-corrected chi connectivity index (χ4v) is 1.59. The van der Waals surface area contributed by atoms with Crippen LogP contribution in [-0.2, 0) is 11.8 Å². The highest BCUT2D eigenvalue weighted by Gasteiger charge is 2.11. The standard InChI is InChI=1S/C13H12N4O3/c1-17-8-10(7-15-17)16-13(20)11-4-5-14-6-9(11)2-3-12(18)19/h2-8H,1H3,(H,16,20)(H,18,19).